The molecule has 0 aromatic heterocycles. The number of benzene rings is 3. The predicted molar refractivity (Wildman–Crippen MR) is 104 cm³/mol. The zero-order valence-electron chi connectivity index (χ0n) is 14.2. The van der Waals surface area contributed by atoms with Crippen molar-refractivity contribution in [2.75, 3.05) is 14.2 Å². The van der Waals surface area contributed by atoms with Gasteiger partial charge in [0, 0.05) is 5.02 Å². The molecule has 0 fully saturated rings. The van der Waals surface area contributed by atoms with Gasteiger partial charge in [-0.1, -0.05) is 54.1 Å². The second kappa shape index (κ2) is 7.91. The highest BCUT2D eigenvalue weighted by Gasteiger charge is 2.08. The van der Waals surface area contributed by atoms with E-state index in [0.29, 0.717) is 0 Å². The molecule has 0 N–H and O–H groups in total. The summed E-state index contributed by atoms with van der Waals surface area (Å²) in [5, 5.41) is 0.724. The molecule has 0 aliphatic rings. The van der Waals surface area contributed by atoms with E-state index in [1.165, 1.54) is 0 Å². The van der Waals surface area contributed by atoms with Crippen molar-refractivity contribution in [1.82, 2.24) is 0 Å². The Bertz CT molecular complexity index is 816. The largest absolute Gasteiger partial charge is 0.497 e. The maximum atomic E-state index is 6.35. The Morgan fingerprint density at radius 2 is 1.20 bits per heavy atom. The van der Waals surface area contributed by atoms with Gasteiger partial charge in [0.15, 0.2) is 0 Å². The van der Waals surface area contributed by atoms with Crippen LogP contribution in [0.3, 0.4) is 0 Å². The van der Waals surface area contributed by atoms with Gasteiger partial charge in [0.1, 0.15) is 11.5 Å². The topological polar surface area (TPSA) is 18.5 Å². The molecule has 0 radical (unpaired) electrons. The average Bonchev–Trinajstić information content (AvgIpc) is 2.68. The molecule has 3 aromatic carbocycles. The van der Waals surface area contributed by atoms with Gasteiger partial charge in [-0.2, -0.15) is 0 Å². The number of ether oxygens (including phenoxy) is 2. The van der Waals surface area contributed by atoms with E-state index >= 15 is 0 Å². The number of hydrogen-bond acceptors (Lipinski definition) is 2. The molecule has 0 saturated carbocycles. The van der Waals surface area contributed by atoms with Crippen molar-refractivity contribution in [2.45, 2.75) is 0 Å². The Labute approximate surface area is 153 Å². The van der Waals surface area contributed by atoms with E-state index in [1.807, 2.05) is 72.8 Å². The number of hydrogen-bond donors (Lipinski definition) is 0. The maximum Gasteiger partial charge on any atom is 0.118 e. The summed E-state index contributed by atoms with van der Waals surface area (Å²) in [5.41, 5.74) is 4.24. The first-order valence-corrected chi connectivity index (χ1v) is 8.34. The lowest BCUT2D eigenvalue weighted by Crippen LogP contribution is -1.91. The van der Waals surface area contributed by atoms with Crippen LogP contribution >= 0.6 is 11.6 Å². The molecule has 0 atom stereocenters. The van der Waals surface area contributed by atoms with E-state index in [2.05, 4.69) is 6.08 Å². The van der Waals surface area contributed by atoms with Gasteiger partial charge in [-0.3, -0.25) is 0 Å². The molecular formula is C22H19ClO2. The van der Waals surface area contributed by atoms with Gasteiger partial charge in [0.25, 0.3) is 0 Å². The lowest BCUT2D eigenvalue weighted by atomic mass is 9.95. The summed E-state index contributed by atoms with van der Waals surface area (Å²) >= 11 is 6.35. The van der Waals surface area contributed by atoms with Crippen LogP contribution in [-0.2, 0) is 0 Å². The smallest absolute Gasteiger partial charge is 0.118 e. The Morgan fingerprint density at radius 1 is 0.720 bits per heavy atom. The number of halogens is 1. The van der Waals surface area contributed by atoms with E-state index in [9.17, 15) is 0 Å². The molecule has 25 heavy (non-hydrogen) atoms. The second-order valence-corrected chi connectivity index (χ2v) is 5.94. The van der Waals surface area contributed by atoms with Crippen molar-refractivity contribution in [1.29, 1.82) is 0 Å². The maximum absolute atomic E-state index is 6.35. The molecule has 0 saturated heterocycles. The Hall–Kier alpha value is -2.71. The molecule has 0 unspecified atom stereocenters. The molecule has 2 nitrogen and oxygen atoms in total. The quantitative estimate of drug-likeness (QED) is 0.529. The standard InChI is InChI=1S/C22H19ClO2/c1-24-19-11-7-16(8-12-19)21(15-18-5-3-4-6-22(18)23)17-9-13-20(25-2)14-10-17/h3-15H,1-2H3. The second-order valence-electron chi connectivity index (χ2n) is 5.54. The summed E-state index contributed by atoms with van der Waals surface area (Å²) in [4.78, 5) is 0. The fourth-order valence-corrected chi connectivity index (χ4v) is 2.81. The van der Waals surface area contributed by atoms with Crippen LogP contribution in [0.25, 0.3) is 11.6 Å². The van der Waals surface area contributed by atoms with Gasteiger partial charge in [-0.15, -0.1) is 0 Å². The van der Waals surface area contributed by atoms with E-state index in [4.69, 9.17) is 21.1 Å². The highest BCUT2D eigenvalue weighted by Crippen LogP contribution is 2.30. The van der Waals surface area contributed by atoms with Crippen molar-refractivity contribution in [3.8, 4) is 11.5 Å². The highest BCUT2D eigenvalue weighted by molar-refractivity contribution is 6.32. The summed E-state index contributed by atoms with van der Waals surface area (Å²) in [6.07, 6.45) is 2.10. The highest BCUT2D eigenvalue weighted by atomic mass is 35.5. The summed E-state index contributed by atoms with van der Waals surface area (Å²) in [6.45, 7) is 0. The third-order valence-corrected chi connectivity index (χ3v) is 4.35. The summed E-state index contributed by atoms with van der Waals surface area (Å²) in [6, 6.07) is 23.8. The van der Waals surface area contributed by atoms with Crippen molar-refractivity contribution in [2.24, 2.45) is 0 Å². The van der Waals surface area contributed by atoms with Gasteiger partial charge in [0.2, 0.25) is 0 Å². The van der Waals surface area contributed by atoms with Crippen LogP contribution in [0, 0.1) is 0 Å². The van der Waals surface area contributed by atoms with Crippen molar-refractivity contribution in [3.05, 3.63) is 94.5 Å². The first-order valence-electron chi connectivity index (χ1n) is 7.96. The Kier molecular flexibility index (Phi) is 5.42. The fourth-order valence-electron chi connectivity index (χ4n) is 2.62. The van der Waals surface area contributed by atoms with Gasteiger partial charge in [-0.25, -0.2) is 0 Å². The molecule has 126 valence electrons. The molecule has 0 aliphatic carbocycles. The van der Waals surface area contributed by atoms with E-state index in [0.717, 1.165) is 38.8 Å². The van der Waals surface area contributed by atoms with Crippen LogP contribution < -0.4 is 9.47 Å². The van der Waals surface area contributed by atoms with Crippen LogP contribution in [0.4, 0.5) is 0 Å². The normalized spacial score (nSPS) is 10.2. The van der Waals surface area contributed by atoms with Crippen LogP contribution in [0.5, 0.6) is 11.5 Å². The summed E-state index contributed by atoms with van der Waals surface area (Å²) < 4.78 is 10.5. The monoisotopic (exact) mass is 350 g/mol. The minimum absolute atomic E-state index is 0.724. The zero-order valence-corrected chi connectivity index (χ0v) is 15.0. The van der Waals surface area contributed by atoms with Crippen molar-refractivity contribution in [3.63, 3.8) is 0 Å². The van der Waals surface area contributed by atoms with E-state index in [1.54, 1.807) is 14.2 Å². The molecule has 0 bridgehead atoms. The van der Waals surface area contributed by atoms with Crippen LogP contribution in [0.1, 0.15) is 16.7 Å². The SMILES string of the molecule is COc1ccc(C(=Cc2ccccc2Cl)c2ccc(OC)cc2)cc1. The molecule has 3 rings (SSSR count). The van der Waals surface area contributed by atoms with E-state index < -0.39 is 0 Å². The third kappa shape index (κ3) is 4.04. The van der Waals surface area contributed by atoms with E-state index in [-0.39, 0.29) is 0 Å². The minimum atomic E-state index is 0.724. The first kappa shape index (κ1) is 17.1. The van der Waals surface area contributed by atoms with Crippen LogP contribution in [0.2, 0.25) is 5.02 Å². The summed E-state index contributed by atoms with van der Waals surface area (Å²) in [7, 11) is 3.33. The zero-order chi connectivity index (χ0) is 17.6. The fraction of sp³-hybridized carbons (Fsp3) is 0.0909. The van der Waals surface area contributed by atoms with Crippen molar-refractivity contribution < 1.29 is 9.47 Å². The first-order chi connectivity index (χ1) is 12.2. The molecule has 0 aliphatic heterocycles. The predicted octanol–water partition coefficient (Wildman–Crippen LogP) is 5.95. The molecule has 3 heteroatoms. The van der Waals surface area contributed by atoms with Crippen LogP contribution in [-0.4, -0.2) is 14.2 Å². The number of methoxy groups -OCH3 is 2. The average molecular weight is 351 g/mol. The van der Waals surface area contributed by atoms with Gasteiger partial charge >= 0.3 is 0 Å². The molecule has 0 spiro atoms. The molecule has 0 heterocycles. The number of rotatable bonds is 5. The van der Waals surface area contributed by atoms with Crippen molar-refractivity contribution >= 4 is 23.3 Å². The van der Waals surface area contributed by atoms with Gasteiger partial charge in [-0.05, 0) is 58.7 Å². The Morgan fingerprint density at radius 3 is 1.64 bits per heavy atom. The van der Waals surface area contributed by atoms with Crippen LogP contribution in [0.15, 0.2) is 72.8 Å². The summed E-state index contributed by atoms with van der Waals surface area (Å²) in [5.74, 6) is 1.66. The molecule has 3 aromatic rings. The Balaban J connectivity index is 2.11. The molecular weight excluding hydrogens is 332 g/mol. The van der Waals surface area contributed by atoms with Gasteiger partial charge < -0.3 is 9.47 Å². The lowest BCUT2D eigenvalue weighted by molar-refractivity contribution is 0.414. The third-order valence-electron chi connectivity index (χ3n) is 4.01. The molecule has 0 amide bonds. The lowest BCUT2D eigenvalue weighted by Gasteiger charge is -2.11. The van der Waals surface area contributed by atoms with Gasteiger partial charge in [0.05, 0.1) is 14.2 Å². The minimum Gasteiger partial charge on any atom is -0.497 e.